The summed E-state index contributed by atoms with van der Waals surface area (Å²) in [5.41, 5.74) is 2.74. The fraction of sp³-hybridized carbons (Fsp3) is 0.435. The van der Waals surface area contributed by atoms with Gasteiger partial charge in [-0.05, 0) is 23.6 Å². The lowest BCUT2D eigenvalue weighted by atomic mass is 9.96. The predicted octanol–water partition coefficient (Wildman–Crippen LogP) is 2.82. The van der Waals surface area contributed by atoms with Gasteiger partial charge in [0.15, 0.2) is 0 Å². The zero-order chi connectivity index (χ0) is 19.2. The molecule has 148 valence electrons. The Labute approximate surface area is 166 Å². The maximum Gasteiger partial charge on any atom is 0.251 e. The molecule has 2 aromatic carbocycles. The highest BCUT2D eigenvalue weighted by Crippen LogP contribution is 2.24. The van der Waals surface area contributed by atoms with Gasteiger partial charge in [-0.2, -0.15) is 0 Å². The molecule has 0 saturated carbocycles. The van der Waals surface area contributed by atoms with Crippen molar-refractivity contribution >= 4 is 5.91 Å². The molecule has 2 aromatic rings. The van der Waals surface area contributed by atoms with Crippen molar-refractivity contribution in [2.24, 2.45) is 5.92 Å². The van der Waals surface area contributed by atoms with E-state index in [1.807, 2.05) is 54.6 Å². The first kappa shape index (κ1) is 19.1. The molecule has 2 aliphatic rings. The van der Waals surface area contributed by atoms with Crippen molar-refractivity contribution in [2.45, 2.75) is 12.5 Å². The number of hydrogen-bond acceptors (Lipinski definition) is 4. The van der Waals surface area contributed by atoms with Crippen molar-refractivity contribution in [3.63, 3.8) is 0 Å². The molecule has 1 amide bonds. The first-order valence-corrected chi connectivity index (χ1v) is 10.1. The molecule has 2 atom stereocenters. The minimum absolute atomic E-state index is 0.0170. The summed E-state index contributed by atoms with van der Waals surface area (Å²) in [6, 6.07) is 18.2. The van der Waals surface area contributed by atoms with Gasteiger partial charge in [-0.25, -0.2) is 0 Å². The number of amides is 1. The molecule has 0 unspecified atom stereocenters. The van der Waals surface area contributed by atoms with Crippen molar-refractivity contribution < 1.29 is 14.3 Å². The molecule has 5 nitrogen and oxygen atoms in total. The van der Waals surface area contributed by atoms with Crippen LogP contribution < -0.4 is 5.32 Å². The van der Waals surface area contributed by atoms with Crippen LogP contribution in [-0.4, -0.2) is 62.9 Å². The Hall–Kier alpha value is -2.21. The average Bonchev–Trinajstić information content (AvgIpc) is 3.30. The Morgan fingerprint density at radius 1 is 1.00 bits per heavy atom. The molecular weight excluding hydrogens is 352 g/mol. The Bertz CT molecular complexity index is 768. The van der Waals surface area contributed by atoms with Gasteiger partial charge in [-0.1, -0.05) is 48.5 Å². The van der Waals surface area contributed by atoms with E-state index in [-0.39, 0.29) is 5.91 Å². The van der Waals surface area contributed by atoms with Gasteiger partial charge in [0.2, 0.25) is 0 Å². The van der Waals surface area contributed by atoms with Gasteiger partial charge >= 0.3 is 0 Å². The minimum atomic E-state index is -0.0170. The Morgan fingerprint density at radius 3 is 2.50 bits per heavy atom. The molecule has 2 aliphatic heterocycles. The Balaban J connectivity index is 1.48. The normalized spacial score (nSPS) is 21.4. The summed E-state index contributed by atoms with van der Waals surface area (Å²) in [4.78, 5) is 15.5. The minimum Gasteiger partial charge on any atom is -0.381 e. The molecule has 1 N–H and O–H groups in total. The van der Waals surface area contributed by atoms with Crippen molar-refractivity contribution in [2.75, 3.05) is 46.1 Å². The number of ether oxygens (including phenoxy) is 2. The van der Waals surface area contributed by atoms with E-state index in [1.165, 1.54) is 0 Å². The van der Waals surface area contributed by atoms with Gasteiger partial charge < -0.3 is 14.8 Å². The summed E-state index contributed by atoms with van der Waals surface area (Å²) in [7, 11) is 0. The first-order valence-electron chi connectivity index (χ1n) is 10.1. The summed E-state index contributed by atoms with van der Waals surface area (Å²) < 4.78 is 11.1. The van der Waals surface area contributed by atoms with E-state index in [2.05, 4.69) is 10.2 Å². The van der Waals surface area contributed by atoms with Crippen molar-refractivity contribution in [1.82, 2.24) is 10.2 Å². The molecule has 0 aromatic heterocycles. The van der Waals surface area contributed by atoms with E-state index in [9.17, 15) is 4.79 Å². The highest BCUT2D eigenvalue weighted by molar-refractivity contribution is 6.00. The monoisotopic (exact) mass is 380 g/mol. The van der Waals surface area contributed by atoms with Crippen LogP contribution in [0.2, 0.25) is 0 Å². The predicted molar refractivity (Wildman–Crippen MR) is 109 cm³/mol. The third-order valence-electron chi connectivity index (χ3n) is 5.75. The third-order valence-corrected chi connectivity index (χ3v) is 5.75. The SMILES string of the molecule is O=C(NC[C@H]([C@@H]1CCOC1)N1CCOCC1)c1ccccc1-c1ccccc1. The maximum absolute atomic E-state index is 13.1. The molecule has 0 radical (unpaired) electrons. The summed E-state index contributed by atoms with van der Waals surface area (Å²) in [5.74, 6) is 0.444. The number of nitrogens with one attached hydrogen (secondary N) is 1. The van der Waals surface area contributed by atoms with E-state index >= 15 is 0 Å². The molecular formula is C23H28N2O3. The molecule has 4 rings (SSSR count). The van der Waals surface area contributed by atoms with E-state index in [0.717, 1.165) is 62.6 Å². The van der Waals surface area contributed by atoms with Crippen LogP contribution in [0.5, 0.6) is 0 Å². The van der Waals surface area contributed by atoms with Gasteiger partial charge in [-0.15, -0.1) is 0 Å². The van der Waals surface area contributed by atoms with Crippen LogP contribution >= 0.6 is 0 Å². The summed E-state index contributed by atoms with van der Waals surface area (Å²) in [6.45, 7) is 5.57. The van der Waals surface area contributed by atoms with Crippen molar-refractivity contribution in [3.8, 4) is 11.1 Å². The van der Waals surface area contributed by atoms with Crippen molar-refractivity contribution in [1.29, 1.82) is 0 Å². The second kappa shape index (κ2) is 9.32. The smallest absolute Gasteiger partial charge is 0.251 e. The number of morpholine rings is 1. The first-order chi connectivity index (χ1) is 13.8. The topological polar surface area (TPSA) is 50.8 Å². The summed E-state index contributed by atoms with van der Waals surface area (Å²) in [6.07, 6.45) is 1.05. The van der Waals surface area contributed by atoms with Crippen LogP contribution in [-0.2, 0) is 9.47 Å². The standard InChI is InChI=1S/C23H28N2O3/c26-23(21-9-5-4-8-20(21)18-6-2-1-3-7-18)24-16-22(19-10-13-28-17-19)25-11-14-27-15-12-25/h1-9,19,22H,10-17H2,(H,24,26)/t19-,22-/m1/s1. The van der Waals surface area contributed by atoms with E-state index in [1.54, 1.807) is 0 Å². The fourth-order valence-electron chi connectivity index (χ4n) is 4.20. The third kappa shape index (κ3) is 4.43. The number of nitrogens with zero attached hydrogens (tertiary/aromatic N) is 1. The van der Waals surface area contributed by atoms with Crippen LogP contribution in [0.15, 0.2) is 54.6 Å². The lowest BCUT2D eigenvalue weighted by Crippen LogP contribution is -2.52. The zero-order valence-corrected chi connectivity index (χ0v) is 16.2. The number of carbonyl (C=O) groups is 1. The van der Waals surface area contributed by atoms with Gasteiger partial charge in [-0.3, -0.25) is 9.69 Å². The number of benzene rings is 2. The van der Waals surface area contributed by atoms with Gasteiger partial charge in [0.05, 0.1) is 19.8 Å². The van der Waals surface area contributed by atoms with Crippen LogP contribution in [0, 0.1) is 5.92 Å². The molecule has 2 heterocycles. The Morgan fingerprint density at radius 2 is 1.75 bits per heavy atom. The highest BCUT2D eigenvalue weighted by atomic mass is 16.5. The summed E-state index contributed by atoms with van der Waals surface area (Å²) >= 11 is 0. The molecule has 2 fully saturated rings. The Kier molecular flexibility index (Phi) is 6.37. The highest BCUT2D eigenvalue weighted by Gasteiger charge is 2.32. The lowest BCUT2D eigenvalue weighted by molar-refractivity contribution is 0.00166. The molecule has 28 heavy (non-hydrogen) atoms. The molecule has 2 saturated heterocycles. The second-order valence-electron chi connectivity index (χ2n) is 7.46. The largest absolute Gasteiger partial charge is 0.381 e. The molecule has 5 heteroatoms. The van der Waals surface area contributed by atoms with E-state index in [4.69, 9.17) is 9.47 Å². The quantitative estimate of drug-likeness (QED) is 0.837. The van der Waals surface area contributed by atoms with Gasteiger partial charge in [0.1, 0.15) is 0 Å². The summed E-state index contributed by atoms with van der Waals surface area (Å²) in [5, 5.41) is 3.21. The van der Waals surface area contributed by atoms with Crippen LogP contribution in [0.1, 0.15) is 16.8 Å². The van der Waals surface area contributed by atoms with Crippen LogP contribution in [0.3, 0.4) is 0 Å². The van der Waals surface area contributed by atoms with Gasteiger partial charge in [0, 0.05) is 43.8 Å². The zero-order valence-electron chi connectivity index (χ0n) is 16.2. The molecule has 0 spiro atoms. The van der Waals surface area contributed by atoms with Crippen molar-refractivity contribution in [3.05, 3.63) is 60.2 Å². The maximum atomic E-state index is 13.1. The second-order valence-corrected chi connectivity index (χ2v) is 7.46. The average molecular weight is 380 g/mol. The van der Waals surface area contributed by atoms with Gasteiger partial charge in [0.25, 0.3) is 5.91 Å². The fourth-order valence-corrected chi connectivity index (χ4v) is 4.20. The molecule has 0 aliphatic carbocycles. The van der Waals surface area contributed by atoms with E-state index in [0.29, 0.717) is 18.5 Å². The molecule has 0 bridgehead atoms. The number of rotatable bonds is 6. The van der Waals surface area contributed by atoms with Crippen LogP contribution in [0.4, 0.5) is 0 Å². The van der Waals surface area contributed by atoms with Crippen LogP contribution in [0.25, 0.3) is 11.1 Å². The number of hydrogen-bond donors (Lipinski definition) is 1. The lowest BCUT2D eigenvalue weighted by Gasteiger charge is -2.37. The number of carbonyl (C=O) groups excluding carboxylic acids is 1. The van der Waals surface area contributed by atoms with E-state index < -0.39 is 0 Å².